The van der Waals surface area contributed by atoms with Crippen molar-refractivity contribution in [3.63, 3.8) is 0 Å². The fourth-order valence-corrected chi connectivity index (χ4v) is 3.08. The molecule has 1 aromatic rings. The topological polar surface area (TPSA) is 69.7 Å². The Morgan fingerprint density at radius 2 is 2.12 bits per heavy atom. The van der Waals surface area contributed by atoms with Gasteiger partial charge in [-0.25, -0.2) is 9.78 Å². The second-order valence-corrected chi connectivity index (χ2v) is 7.98. The first kappa shape index (κ1) is 19.0. The van der Waals surface area contributed by atoms with Gasteiger partial charge in [0.2, 0.25) is 5.88 Å². The highest BCUT2D eigenvalue weighted by Gasteiger charge is 2.34. The number of ether oxygens (including phenoxy) is 3. The maximum Gasteiger partial charge on any atom is 0.407 e. The zero-order valence-corrected chi connectivity index (χ0v) is 16.1. The highest BCUT2D eigenvalue weighted by molar-refractivity contribution is 6.29. The Kier molecular flexibility index (Phi) is 5.73. The average molecular weight is 381 g/mol. The fraction of sp³-hybridized carbons (Fsp3) is 0.579. The van der Waals surface area contributed by atoms with Crippen LogP contribution in [0.4, 0.5) is 4.79 Å². The Hall–Kier alpha value is -1.79. The first-order valence-electron chi connectivity index (χ1n) is 8.90. The van der Waals surface area contributed by atoms with E-state index in [4.69, 9.17) is 25.8 Å². The van der Waals surface area contributed by atoms with Crippen molar-refractivity contribution in [1.82, 2.24) is 10.3 Å². The molecular formula is C19H25ClN2O4. The Morgan fingerprint density at radius 1 is 1.35 bits per heavy atom. The number of nitrogens with one attached hydrogen (secondary N) is 1. The zero-order chi connectivity index (χ0) is 18.7. The molecule has 3 rings (SSSR count). The van der Waals surface area contributed by atoms with Gasteiger partial charge >= 0.3 is 6.09 Å². The lowest BCUT2D eigenvalue weighted by molar-refractivity contribution is 0.0354. The fourth-order valence-electron chi connectivity index (χ4n) is 2.94. The summed E-state index contributed by atoms with van der Waals surface area (Å²) in [4.78, 5) is 16.2. The number of hydrogen-bond donors (Lipinski definition) is 1. The number of rotatable bonds is 4. The van der Waals surface area contributed by atoms with E-state index < -0.39 is 11.7 Å². The van der Waals surface area contributed by atoms with Crippen molar-refractivity contribution in [2.45, 2.75) is 57.8 Å². The van der Waals surface area contributed by atoms with Crippen molar-refractivity contribution in [1.29, 1.82) is 0 Å². The smallest absolute Gasteiger partial charge is 0.407 e. The summed E-state index contributed by atoms with van der Waals surface area (Å²) in [6.07, 6.45) is 3.92. The minimum atomic E-state index is -0.499. The minimum absolute atomic E-state index is 0.0000870. The van der Waals surface area contributed by atoms with E-state index in [0.29, 0.717) is 24.2 Å². The minimum Gasteiger partial charge on any atom is -0.474 e. The molecule has 2 heterocycles. The van der Waals surface area contributed by atoms with Gasteiger partial charge in [0.25, 0.3) is 0 Å². The molecule has 1 amide bonds. The molecule has 0 aromatic carbocycles. The van der Waals surface area contributed by atoms with Gasteiger partial charge in [0, 0.05) is 24.4 Å². The first-order chi connectivity index (χ1) is 12.3. The van der Waals surface area contributed by atoms with E-state index >= 15 is 0 Å². The van der Waals surface area contributed by atoms with Crippen molar-refractivity contribution in [2.75, 3.05) is 13.2 Å². The Bertz CT molecular complexity index is 693. The molecule has 7 heteroatoms. The maximum atomic E-state index is 11.8. The number of amides is 1. The largest absolute Gasteiger partial charge is 0.474 e. The van der Waals surface area contributed by atoms with Crippen molar-refractivity contribution in [3.05, 3.63) is 28.9 Å². The normalized spacial score (nSPS) is 22.8. The van der Waals surface area contributed by atoms with Crippen LogP contribution in [-0.4, -0.2) is 42.0 Å². The third-order valence-corrected chi connectivity index (χ3v) is 4.44. The molecule has 0 atom stereocenters. The van der Waals surface area contributed by atoms with Crippen LogP contribution in [0.15, 0.2) is 18.2 Å². The van der Waals surface area contributed by atoms with Crippen LogP contribution in [0.2, 0.25) is 5.15 Å². The van der Waals surface area contributed by atoms with E-state index in [1.165, 1.54) is 0 Å². The molecule has 6 nitrogen and oxygen atoms in total. The summed E-state index contributed by atoms with van der Waals surface area (Å²) in [5.74, 6) is 0.548. The monoisotopic (exact) mass is 380 g/mol. The number of hydrogen-bond acceptors (Lipinski definition) is 5. The lowest BCUT2D eigenvalue weighted by atomic mass is 9.89. The van der Waals surface area contributed by atoms with E-state index in [1.54, 1.807) is 6.07 Å². The van der Waals surface area contributed by atoms with Crippen LogP contribution in [0.25, 0.3) is 5.57 Å². The second-order valence-electron chi connectivity index (χ2n) is 7.60. The summed E-state index contributed by atoms with van der Waals surface area (Å²) < 4.78 is 16.7. The molecule has 1 aromatic heterocycles. The maximum absolute atomic E-state index is 11.8. The average Bonchev–Trinajstić information content (AvgIpc) is 2.52. The van der Waals surface area contributed by atoms with Gasteiger partial charge in [0.15, 0.2) is 0 Å². The van der Waals surface area contributed by atoms with Crippen LogP contribution in [0, 0.1) is 0 Å². The molecule has 0 spiro atoms. The molecule has 0 saturated heterocycles. The highest BCUT2D eigenvalue weighted by Crippen LogP contribution is 2.33. The standard InChI is InChI=1S/C19H25ClN2O4/c1-19(2,3)26-18(23)21-13-10-14(11-13)25-17-15(4-5-16(20)22-17)12-6-8-24-9-7-12/h4-6,13-14H,7-11H2,1-3H3,(H,21,23). The van der Waals surface area contributed by atoms with E-state index in [1.807, 2.05) is 26.8 Å². The van der Waals surface area contributed by atoms with Gasteiger partial charge in [-0.15, -0.1) is 0 Å². The van der Waals surface area contributed by atoms with Crippen LogP contribution in [0.1, 0.15) is 45.6 Å². The third kappa shape index (κ3) is 5.11. The summed E-state index contributed by atoms with van der Waals surface area (Å²) in [7, 11) is 0. The predicted octanol–water partition coefficient (Wildman–Crippen LogP) is 3.97. The molecule has 0 radical (unpaired) electrons. The highest BCUT2D eigenvalue weighted by atomic mass is 35.5. The molecule has 0 unspecified atom stereocenters. The van der Waals surface area contributed by atoms with Gasteiger partial charge in [-0.2, -0.15) is 0 Å². The Morgan fingerprint density at radius 3 is 2.77 bits per heavy atom. The molecule has 1 aliphatic carbocycles. The second kappa shape index (κ2) is 7.84. The summed E-state index contributed by atoms with van der Waals surface area (Å²) in [6.45, 7) is 6.83. The summed E-state index contributed by atoms with van der Waals surface area (Å²) in [6, 6.07) is 3.77. The first-order valence-corrected chi connectivity index (χ1v) is 9.28. The van der Waals surface area contributed by atoms with Gasteiger partial charge in [-0.05, 0) is 44.9 Å². The quantitative estimate of drug-likeness (QED) is 0.800. The van der Waals surface area contributed by atoms with E-state index in [-0.39, 0.29) is 12.1 Å². The van der Waals surface area contributed by atoms with E-state index in [0.717, 1.165) is 30.4 Å². The van der Waals surface area contributed by atoms with Crippen LogP contribution < -0.4 is 10.1 Å². The van der Waals surface area contributed by atoms with Crippen LogP contribution in [0.3, 0.4) is 0 Å². The number of aromatic nitrogens is 1. The SMILES string of the molecule is CC(C)(C)OC(=O)NC1CC(Oc2nc(Cl)ccc2C2=CCOCC2)C1. The predicted molar refractivity (Wildman–Crippen MR) is 99.5 cm³/mol. The molecule has 1 N–H and O–H groups in total. The van der Waals surface area contributed by atoms with Gasteiger partial charge in [0.05, 0.1) is 13.2 Å². The number of alkyl carbamates (subject to hydrolysis) is 1. The van der Waals surface area contributed by atoms with Crippen molar-refractivity contribution in [3.8, 4) is 5.88 Å². The molecule has 1 saturated carbocycles. The number of pyridine rings is 1. The zero-order valence-electron chi connectivity index (χ0n) is 15.4. The number of carbonyl (C=O) groups is 1. The third-order valence-electron chi connectivity index (χ3n) is 4.23. The van der Waals surface area contributed by atoms with Crippen molar-refractivity contribution < 1.29 is 19.0 Å². The lowest BCUT2D eigenvalue weighted by Gasteiger charge is -2.36. The molecule has 1 fully saturated rings. The van der Waals surface area contributed by atoms with Crippen LogP contribution in [0.5, 0.6) is 5.88 Å². The van der Waals surface area contributed by atoms with E-state index in [9.17, 15) is 4.79 Å². The number of nitrogens with zero attached hydrogens (tertiary/aromatic N) is 1. The Labute approximate surface area is 158 Å². The van der Waals surface area contributed by atoms with Crippen molar-refractivity contribution >= 4 is 23.3 Å². The lowest BCUT2D eigenvalue weighted by Crippen LogP contribution is -2.50. The Balaban J connectivity index is 1.57. The summed E-state index contributed by atoms with van der Waals surface area (Å²) in [5, 5.41) is 3.26. The number of carbonyl (C=O) groups excluding carboxylic acids is 1. The van der Waals surface area contributed by atoms with Gasteiger partial charge < -0.3 is 19.5 Å². The molecule has 142 valence electrons. The van der Waals surface area contributed by atoms with Crippen LogP contribution in [-0.2, 0) is 9.47 Å². The molecular weight excluding hydrogens is 356 g/mol. The molecule has 26 heavy (non-hydrogen) atoms. The van der Waals surface area contributed by atoms with Crippen molar-refractivity contribution in [2.24, 2.45) is 0 Å². The van der Waals surface area contributed by atoms with Gasteiger partial charge in [0.1, 0.15) is 16.9 Å². The van der Waals surface area contributed by atoms with Gasteiger partial charge in [-0.1, -0.05) is 17.7 Å². The molecule has 0 bridgehead atoms. The van der Waals surface area contributed by atoms with E-state index in [2.05, 4.69) is 16.4 Å². The van der Waals surface area contributed by atoms with Gasteiger partial charge in [-0.3, -0.25) is 0 Å². The van der Waals surface area contributed by atoms with Crippen LogP contribution >= 0.6 is 11.6 Å². The molecule has 1 aliphatic heterocycles. The number of halogens is 1. The summed E-state index contributed by atoms with van der Waals surface area (Å²) in [5.41, 5.74) is 1.63. The molecule has 2 aliphatic rings. The summed E-state index contributed by atoms with van der Waals surface area (Å²) >= 11 is 6.05.